The van der Waals surface area contributed by atoms with Crippen LogP contribution in [0.5, 0.6) is 0 Å². The summed E-state index contributed by atoms with van der Waals surface area (Å²) in [5.74, 6) is -0.333. The molecular weight excluding hydrogens is 613 g/mol. The molecule has 0 aromatic rings. The second-order valence-electron chi connectivity index (χ2n) is 13.6. The highest BCUT2D eigenvalue weighted by Gasteiger charge is 2.26. The van der Waals surface area contributed by atoms with Crippen molar-refractivity contribution in [1.82, 2.24) is 0 Å². The first-order valence-electron chi connectivity index (χ1n) is 18.7. The Labute approximate surface area is 289 Å². The Morgan fingerprint density at radius 1 is 0.660 bits per heavy atom. The number of esters is 1. The van der Waals surface area contributed by atoms with E-state index in [-0.39, 0.29) is 25.8 Å². The van der Waals surface area contributed by atoms with Crippen molar-refractivity contribution >= 4 is 13.8 Å². The predicted molar refractivity (Wildman–Crippen MR) is 196 cm³/mol. The number of phosphoric acid groups is 1. The Kier molecular flexibility index (Phi) is 31.1. The van der Waals surface area contributed by atoms with Gasteiger partial charge in [-0.15, -0.1) is 0 Å². The topological polar surface area (TPSA) is 91.3 Å². The zero-order valence-electron chi connectivity index (χ0n) is 31.0. The molecule has 8 nitrogen and oxygen atoms in total. The van der Waals surface area contributed by atoms with Gasteiger partial charge in [0.1, 0.15) is 19.3 Å². The van der Waals surface area contributed by atoms with Crippen LogP contribution in [0, 0.1) is 0 Å². The van der Waals surface area contributed by atoms with Gasteiger partial charge in [0.25, 0.3) is 0 Å². The Morgan fingerprint density at radius 3 is 1.83 bits per heavy atom. The quantitative estimate of drug-likeness (QED) is 0.0237. The summed E-state index contributed by atoms with van der Waals surface area (Å²) in [6, 6.07) is 0. The number of allylic oxidation sites excluding steroid dienone is 6. The first-order chi connectivity index (χ1) is 22.6. The van der Waals surface area contributed by atoms with Crippen LogP contribution in [0.15, 0.2) is 36.5 Å². The van der Waals surface area contributed by atoms with Gasteiger partial charge in [-0.25, -0.2) is 4.57 Å². The van der Waals surface area contributed by atoms with Crippen LogP contribution in [0.4, 0.5) is 0 Å². The molecule has 0 aliphatic rings. The summed E-state index contributed by atoms with van der Waals surface area (Å²) in [6.45, 7) is 5.48. The van der Waals surface area contributed by atoms with Crippen molar-refractivity contribution < 1.29 is 37.3 Å². The van der Waals surface area contributed by atoms with Gasteiger partial charge in [0, 0.05) is 13.0 Å². The zero-order chi connectivity index (χ0) is 34.9. The van der Waals surface area contributed by atoms with Crippen LogP contribution in [0.2, 0.25) is 0 Å². The molecule has 0 spiro atoms. The van der Waals surface area contributed by atoms with E-state index < -0.39 is 13.9 Å². The van der Waals surface area contributed by atoms with Crippen molar-refractivity contribution in [2.45, 2.75) is 148 Å². The van der Waals surface area contributed by atoms with E-state index in [2.05, 4.69) is 50.3 Å². The van der Waals surface area contributed by atoms with E-state index in [1.807, 2.05) is 21.1 Å². The maximum absolute atomic E-state index is 12.6. The van der Waals surface area contributed by atoms with E-state index >= 15 is 0 Å². The molecule has 0 aromatic heterocycles. The molecule has 0 aliphatic carbocycles. The van der Waals surface area contributed by atoms with E-state index in [0.29, 0.717) is 24.1 Å². The maximum Gasteiger partial charge on any atom is 0.472 e. The molecule has 0 radical (unpaired) electrons. The summed E-state index contributed by atoms with van der Waals surface area (Å²) in [7, 11) is 1.65. The molecule has 2 unspecified atom stereocenters. The van der Waals surface area contributed by atoms with Crippen molar-refractivity contribution in [3.05, 3.63) is 36.5 Å². The minimum absolute atomic E-state index is 0.0839. The molecule has 0 aliphatic heterocycles. The average molecular weight is 687 g/mol. The van der Waals surface area contributed by atoms with Gasteiger partial charge in [-0.1, -0.05) is 115 Å². The average Bonchev–Trinajstić information content (AvgIpc) is 3.01. The van der Waals surface area contributed by atoms with Gasteiger partial charge in [0.15, 0.2) is 0 Å². The van der Waals surface area contributed by atoms with Crippen molar-refractivity contribution in [3.63, 3.8) is 0 Å². The summed E-state index contributed by atoms with van der Waals surface area (Å²) in [6.07, 6.45) is 34.5. The first-order valence-corrected chi connectivity index (χ1v) is 20.2. The number of hydrogen-bond acceptors (Lipinski definition) is 6. The lowest BCUT2D eigenvalue weighted by Crippen LogP contribution is -2.37. The zero-order valence-corrected chi connectivity index (χ0v) is 31.9. The molecule has 0 saturated carbocycles. The smallest absolute Gasteiger partial charge is 0.457 e. The molecule has 276 valence electrons. The Morgan fingerprint density at radius 2 is 1.21 bits per heavy atom. The molecule has 0 amide bonds. The number of ether oxygens (including phenoxy) is 2. The Balaban J connectivity index is 4.35. The number of hydrogen-bond donors (Lipinski definition) is 1. The Hall–Kier alpha value is -1.28. The third kappa shape index (κ3) is 35.8. The molecule has 2 atom stereocenters. The summed E-state index contributed by atoms with van der Waals surface area (Å²) >= 11 is 0. The van der Waals surface area contributed by atoms with Gasteiger partial charge >= 0.3 is 13.8 Å². The van der Waals surface area contributed by atoms with E-state index in [1.54, 1.807) is 0 Å². The largest absolute Gasteiger partial charge is 0.472 e. The van der Waals surface area contributed by atoms with E-state index in [0.717, 1.165) is 57.8 Å². The molecule has 0 aromatic carbocycles. The minimum Gasteiger partial charge on any atom is -0.457 e. The van der Waals surface area contributed by atoms with Crippen LogP contribution in [0.1, 0.15) is 142 Å². The number of likely N-dealkylation sites (N-methyl/N-ethyl adjacent to an activating group) is 1. The Bertz CT molecular complexity index is 853. The number of rotatable bonds is 34. The fourth-order valence-electron chi connectivity index (χ4n) is 4.69. The van der Waals surface area contributed by atoms with Crippen molar-refractivity contribution in [3.8, 4) is 0 Å². The molecule has 0 saturated heterocycles. The third-order valence-corrected chi connectivity index (χ3v) is 8.64. The SMILES string of the molecule is CCC/C=C\CCCCCCCCOCC(COP(=O)(O)OCC[N+](C)(C)C)OC(=O)CCCCCCC/C=C\C/C=C\CCCC. The predicted octanol–water partition coefficient (Wildman–Crippen LogP) is 10.3. The van der Waals surface area contributed by atoms with Gasteiger partial charge in [0.05, 0.1) is 34.4 Å². The number of carbonyl (C=O) groups excluding carboxylic acids is 1. The summed E-state index contributed by atoms with van der Waals surface area (Å²) in [4.78, 5) is 22.7. The van der Waals surface area contributed by atoms with Crippen molar-refractivity contribution in [1.29, 1.82) is 0 Å². The summed E-state index contributed by atoms with van der Waals surface area (Å²) < 4.78 is 34.8. The highest BCUT2D eigenvalue weighted by molar-refractivity contribution is 7.47. The monoisotopic (exact) mass is 687 g/mol. The second-order valence-corrected chi connectivity index (χ2v) is 15.0. The van der Waals surface area contributed by atoms with Crippen molar-refractivity contribution in [2.24, 2.45) is 0 Å². The standard InChI is InChI=1S/C38H72NO7P/c1-6-8-10-12-14-16-18-19-20-21-23-25-27-29-31-38(40)46-37(36-45-47(41,42)44-34-32-39(3,4)5)35-43-33-30-28-26-24-22-17-15-13-11-9-7-2/h11-14,18-19,37H,6-10,15-17,20-36H2,1-5H3/p+1/b13-11-,14-12-,19-18-. The maximum atomic E-state index is 12.6. The number of carbonyl (C=O) groups is 1. The normalized spacial score (nSPS) is 14.4. The van der Waals surface area contributed by atoms with Crippen LogP contribution in [-0.2, 0) is 27.9 Å². The van der Waals surface area contributed by atoms with Gasteiger partial charge in [-0.05, 0) is 57.8 Å². The van der Waals surface area contributed by atoms with E-state index in [4.69, 9.17) is 18.5 Å². The lowest BCUT2D eigenvalue weighted by atomic mass is 10.1. The highest BCUT2D eigenvalue weighted by Crippen LogP contribution is 2.43. The minimum atomic E-state index is -4.27. The molecule has 0 fully saturated rings. The molecule has 1 N–H and O–H groups in total. The van der Waals surface area contributed by atoms with Gasteiger partial charge < -0.3 is 18.9 Å². The number of phosphoric ester groups is 1. The van der Waals surface area contributed by atoms with Crippen molar-refractivity contribution in [2.75, 3.05) is 54.1 Å². The van der Waals surface area contributed by atoms with Crippen LogP contribution >= 0.6 is 7.82 Å². The van der Waals surface area contributed by atoms with Crippen LogP contribution in [0.3, 0.4) is 0 Å². The fraction of sp³-hybridized carbons (Fsp3) is 0.816. The van der Waals surface area contributed by atoms with Crippen LogP contribution in [0.25, 0.3) is 0 Å². The highest BCUT2D eigenvalue weighted by atomic mass is 31.2. The van der Waals surface area contributed by atoms with E-state index in [9.17, 15) is 14.3 Å². The van der Waals surface area contributed by atoms with Gasteiger partial charge in [-0.3, -0.25) is 13.8 Å². The second kappa shape index (κ2) is 32.0. The molecule has 0 bridgehead atoms. The van der Waals surface area contributed by atoms with Gasteiger partial charge in [-0.2, -0.15) is 0 Å². The molecule has 0 heterocycles. The van der Waals surface area contributed by atoms with Gasteiger partial charge in [0.2, 0.25) is 0 Å². The molecule has 0 rings (SSSR count). The summed E-state index contributed by atoms with van der Waals surface area (Å²) in [5, 5.41) is 0. The first kappa shape index (κ1) is 45.7. The fourth-order valence-corrected chi connectivity index (χ4v) is 5.43. The van der Waals surface area contributed by atoms with E-state index in [1.165, 1.54) is 64.2 Å². The van der Waals surface area contributed by atoms with Crippen LogP contribution in [-0.4, -0.2) is 75.6 Å². The number of nitrogens with zero attached hydrogens (tertiary/aromatic N) is 1. The number of unbranched alkanes of at least 4 members (excludes halogenated alkanes) is 14. The lowest BCUT2D eigenvalue weighted by molar-refractivity contribution is -0.870. The lowest BCUT2D eigenvalue weighted by Gasteiger charge is -2.24. The van der Waals surface area contributed by atoms with Crippen LogP contribution < -0.4 is 0 Å². The summed E-state index contributed by atoms with van der Waals surface area (Å²) in [5.41, 5.74) is 0. The number of quaternary nitrogens is 1. The molecular formula is C38H73NO7P+. The molecule has 9 heteroatoms. The molecule has 47 heavy (non-hydrogen) atoms. The third-order valence-electron chi connectivity index (χ3n) is 7.65.